The molecule has 0 radical (unpaired) electrons. The van der Waals surface area contributed by atoms with Gasteiger partial charge in [0.05, 0.1) is 24.3 Å². The molecule has 0 spiro atoms. The number of nitrogens with zero attached hydrogens (tertiary/aromatic N) is 2. The standard InChI is InChI=1S/C29H36ClF3N2O5/c1-19(7-6-16-40-23-10-11-24(25(30)18-23)26(36)34(2)3)20-12-14-35(15-13-20)27(37)28(38,29(31,32)33)21-8-5-9-22(17-21)39-4/h5,8-11,17-20,38H,6-7,12-16H2,1-4H3/t19-,28-/m1/s1. The maximum atomic E-state index is 14.1. The number of amides is 2. The van der Waals surface area contributed by atoms with Gasteiger partial charge in [-0.25, -0.2) is 0 Å². The predicted molar refractivity (Wildman–Crippen MR) is 146 cm³/mol. The molecule has 1 N–H and O–H groups in total. The van der Waals surface area contributed by atoms with Crippen molar-refractivity contribution in [1.29, 1.82) is 0 Å². The van der Waals surface area contributed by atoms with E-state index in [1.54, 1.807) is 32.3 Å². The van der Waals surface area contributed by atoms with Crippen LogP contribution in [-0.2, 0) is 10.4 Å². The molecule has 1 aliphatic heterocycles. The molecule has 3 rings (SSSR count). The quantitative estimate of drug-likeness (QED) is 0.371. The first-order valence-corrected chi connectivity index (χ1v) is 13.5. The summed E-state index contributed by atoms with van der Waals surface area (Å²) in [5.41, 5.74) is -3.83. The number of carbonyl (C=O) groups is 2. The van der Waals surface area contributed by atoms with E-state index in [2.05, 4.69) is 6.92 Å². The molecule has 11 heteroatoms. The van der Waals surface area contributed by atoms with Crippen LogP contribution < -0.4 is 9.47 Å². The molecule has 1 heterocycles. The first kappa shape index (κ1) is 31.5. The highest BCUT2D eigenvalue weighted by molar-refractivity contribution is 6.34. The maximum absolute atomic E-state index is 14.1. The van der Waals surface area contributed by atoms with E-state index in [-0.39, 0.29) is 36.6 Å². The fourth-order valence-electron chi connectivity index (χ4n) is 4.99. The van der Waals surface area contributed by atoms with Gasteiger partial charge in [0.15, 0.2) is 0 Å². The number of alkyl halides is 3. The molecular weight excluding hydrogens is 549 g/mol. The topological polar surface area (TPSA) is 79.3 Å². The summed E-state index contributed by atoms with van der Waals surface area (Å²) in [4.78, 5) is 27.7. The first-order valence-electron chi connectivity index (χ1n) is 13.2. The lowest BCUT2D eigenvalue weighted by molar-refractivity contribution is -0.262. The molecule has 2 amide bonds. The molecule has 0 unspecified atom stereocenters. The van der Waals surface area contributed by atoms with E-state index in [1.807, 2.05) is 0 Å². The Hall–Kier alpha value is -2.98. The van der Waals surface area contributed by atoms with Gasteiger partial charge in [-0.1, -0.05) is 30.7 Å². The Labute approximate surface area is 237 Å². The molecule has 0 aromatic heterocycles. The van der Waals surface area contributed by atoms with Crippen LogP contribution >= 0.6 is 11.6 Å². The highest BCUT2D eigenvalue weighted by Gasteiger charge is 2.62. The summed E-state index contributed by atoms with van der Waals surface area (Å²) < 4.78 is 53.0. The largest absolute Gasteiger partial charge is 0.497 e. The van der Waals surface area contributed by atoms with Crippen molar-refractivity contribution in [3.8, 4) is 11.5 Å². The summed E-state index contributed by atoms with van der Waals surface area (Å²) in [6, 6.07) is 9.82. The zero-order chi connectivity index (χ0) is 29.7. The Kier molecular flexibility index (Phi) is 10.3. The maximum Gasteiger partial charge on any atom is 0.430 e. The van der Waals surface area contributed by atoms with Crippen LogP contribution in [0.15, 0.2) is 42.5 Å². The highest BCUT2D eigenvalue weighted by atomic mass is 35.5. The van der Waals surface area contributed by atoms with Crippen molar-refractivity contribution in [2.24, 2.45) is 11.8 Å². The van der Waals surface area contributed by atoms with E-state index in [9.17, 15) is 27.9 Å². The SMILES string of the molecule is COc1cccc([C@@](O)(C(=O)N2CCC([C@H](C)CCCOc3ccc(C(=O)N(C)C)c(Cl)c3)CC2)C(F)(F)F)c1. The Balaban J connectivity index is 1.52. The number of aliphatic hydroxyl groups is 1. The second-order valence-electron chi connectivity index (χ2n) is 10.4. The fraction of sp³-hybridized carbons (Fsp3) is 0.517. The van der Waals surface area contributed by atoms with Crippen LogP contribution in [0.5, 0.6) is 11.5 Å². The molecule has 1 fully saturated rings. The van der Waals surface area contributed by atoms with E-state index < -0.39 is 23.2 Å². The minimum Gasteiger partial charge on any atom is -0.497 e. The summed E-state index contributed by atoms with van der Waals surface area (Å²) in [6.07, 6.45) is -2.54. The number of methoxy groups -OCH3 is 1. The molecule has 7 nitrogen and oxygen atoms in total. The number of halogens is 4. The molecule has 2 aromatic rings. The second-order valence-corrected chi connectivity index (χ2v) is 10.8. The van der Waals surface area contributed by atoms with Gasteiger partial charge in [0, 0.05) is 32.7 Å². The fourth-order valence-corrected chi connectivity index (χ4v) is 5.24. The molecule has 40 heavy (non-hydrogen) atoms. The van der Waals surface area contributed by atoms with Gasteiger partial charge in [-0.05, 0) is 67.9 Å². The average Bonchev–Trinajstić information content (AvgIpc) is 2.93. The van der Waals surface area contributed by atoms with Gasteiger partial charge in [-0.3, -0.25) is 9.59 Å². The Morgan fingerprint density at radius 2 is 1.80 bits per heavy atom. The highest BCUT2D eigenvalue weighted by Crippen LogP contribution is 2.42. The van der Waals surface area contributed by atoms with Gasteiger partial charge in [-0.15, -0.1) is 0 Å². The van der Waals surface area contributed by atoms with Gasteiger partial charge < -0.3 is 24.4 Å². The number of hydrogen-bond donors (Lipinski definition) is 1. The number of rotatable bonds is 10. The summed E-state index contributed by atoms with van der Waals surface area (Å²) in [7, 11) is 4.60. The van der Waals surface area contributed by atoms with Crippen molar-refractivity contribution in [3.63, 3.8) is 0 Å². The van der Waals surface area contributed by atoms with E-state index in [0.717, 1.165) is 29.9 Å². The third-order valence-electron chi connectivity index (χ3n) is 7.49. The van der Waals surface area contributed by atoms with Crippen LogP contribution in [0.4, 0.5) is 13.2 Å². The van der Waals surface area contributed by atoms with Crippen LogP contribution in [0.25, 0.3) is 0 Å². The van der Waals surface area contributed by atoms with Gasteiger partial charge in [-0.2, -0.15) is 13.2 Å². The van der Waals surface area contributed by atoms with Crippen LogP contribution in [0.2, 0.25) is 5.02 Å². The van der Waals surface area contributed by atoms with Crippen LogP contribution in [0, 0.1) is 11.8 Å². The van der Waals surface area contributed by atoms with Crippen LogP contribution in [0.1, 0.15) is 48.5 Å². The van der Waals surface area contributed by atoms with Crippen molar-refractivity contribution < 1.29 is 37.3 Å². The number of carbonyl (C=O) groups excluding carboxylic acids is 2. The number of ether oxygens (including phenoxy) is 2. The average molecular weight is 585 g/mol. The van der Waals surface area contributed by atoms with Gasteiger partial charge in [0.1, 0.15) is 11.5 Å². The Morgan fingerprint density at radius 3 is 2.38 bits per heavy atom. The lowest BCUT2D eigenvalue weighted by Gasteiger charge is -2.39. The number of piperidine rings is 1. The van der Waals surface area contributed by atoms with Gasteiger partial charge in [0.25, 0.3) is 17.4 Å². The van der Waals surface area contributed by atoms with E-state index in [0.29, 0.717) is 35.8 Å². The summed E-state index contributed by atoms with van der Waals surface area (Å²) in [6.45, 7) is 2.79. The van der Waals surface area contributed by atoms with Crippen molar-refractivity contribution in [3.05, 3.63) is 58.6 Å². The van der Waals surface area contributed by atoms with Crippen LogP contribution in [0.3, 0.4) is 0 Å². The summed E-state index contributed by atoms with van der Waals surface area (Å²) >= 11 is 6.23. The van der Waals surface area contributed by atoms with Crippen molar-refractivity contribution in [1.82, 2.24) is 9.80 Å². The first-order chi connectivity index (χ1) is 18.8. The molecule has 0 aliphatic carbocycles. The minimum absolute atomic E-state index is 0.115. The van der Waals surface area contributed by atoms with Crippen molar-refractivity contribution in [2.75, 3.05) is 40.9 Å². The molecular formula is C29H36ClF3N2O5. The minimum atomic E-state index is -5.20. The van der Waals surface area contributed by atoms with E-state index in [4.69, 9.17) is 21.1 Å². The molecule has 0 bridgehead atoms. The van der Waals surface area contributed by atoms with Crippen molar-refractivity contribution in [2.45, 2.75) is 44.4 Å². The third kappa shape index (κ3) is 7.01. The lowest BCUT2D eigenvalue weighted by Crippen LogP contribution is -2.57. The molecule has 0 saturated carbocycles. The zero-order valence-corrected chi connectivity index (χ0v) is 23.9. The summed E-state index contributed by atoms with van der Waals surface area (Å²) in [5.74, 6) is -0.391. The number of likely N-dealkylation sites (tertiary alicyclic amines) is 1. The van der Waals surface area contributed by atoms with Crippen molar-refractivity contribution >= 4 is 23.4 Å². The number of benzene rings is 2. The normalized spacial score (nSPS) is 16.7. The number of hydrogen-bond acceptors (Lipinski definition) is 5. The molecule has 220 valence electrons. The Morgan fingerprint density at radius 1 is 1.12 bits per heavy atom. The van der Waals surface area contributed by atoms with Gasteiger partial charge in [0.2, 0.25) is 0 Å². The smallest absolute Gasteiger partial charge is 0.430 e. The predicted octanol–water partition coefficient (Wildman–Crippen LogP) is 5.53. The lowest BCUT2D eigenvalue weighted by atomic mass is 9.82. The zero-order valence-electron chi connectivity index (χ0n) is 23.1. The molecule has 2 atom stereocenters. The van der Waals surface area contributed by atoms with E-state index in [1.165, 1.54) is 24.1 Å². The van der Waals surface area contributed by atoms with Crippen LogP contribution in [-0.4, -0.2) is 73.8 Å². The molecule has 2 aromatic carbocycles. The third-order valence-corrected chi connectivity index (χ3v) is 7.80. The summed E-state index contributed by atoms with van der Waals surface area (Å²) in [5, 5.41) is 11.1. The van der Waals surface area contributed by atoms with E-state index >= 15 is 0 Å². The molecule has 1 aliphatic rings. The second kappa shape index (κ2) is 13.1. The molecule has 1 saturated heterocycles. The monoisotopic (exact) mass is 584 g/mol. The van der Waals surface area contributed by atoms with Gasteiger partial charge >= 0.3 is 6.18 Å². The Bertz CT molecular complexity index is 1180.